The van der Waals surface area contributed by atoms with Gasteiger partial charge in [-0.3, -0.25) is 4.79 Å². The summed E-state index contributed by atoms with van der Waals surface area (Å²) < 4.78 is 49.0. The van der Waals surface area contributed by atoms with Crippen LogP contribution in [0.5, 0.6) is 5.75 Å². The van der Waals surface area contributed by atoms with Crippen molar-refractivity contribution >= 4 is 11.6 Å². The number of anilines is 1. The predicted molar refractivity (Wildman–Crippen MR) is 81.6 cm³/mol. The molecule has 0 aliphatic rings. The van der Waals surface area contributed by atoms with Crippen molar-refractivity contribution in [3.8, 4) is 5.75 Å². The number of hydrogen-bond acceptors (Lipinski definition) is 3. The molecule has 0 radical (unpaired) electrons. The van der Waals surface area contributed by atoms with Gasteiger partial charge in [0.2, 0.25) is 0 Å². The topological polar surface area (TPSA) is 47.6 Å². The van der Waals surface area contributed by atoms with Crippen molar-refractivity contribution < 1.29 is 27.4 Å². The van der Waals surface area contributed by atoms with E-state index in [1.807, 2.05) is 6.92 Å². The van der Waals surface area contributed by atoms with Gasteiger partial charge in [0.1, 0.15) is 11.4 Å². The fourth-order valence-electron chi connectivity index (χ4n) is 2.09. The standard InChI is InChI=1S/C16H22F3NO3/c1-5-6-9-15(2,23-4)14(21)20-11-7-8-13(22-3)12(10-11)16(17,18)19/h7-8,10H,5-6,9H2,1-4H3,(H,20,21)/t15-/m1/s1. The van der Waals surface area contributed by atoms with E-state index in [1.165, 1.54) is 19.2 Å². The van der Waals surface area contributed by atoms with Crippen LogP contribution in [0.3, 0.4) is 0 Å². The van der Waals surface area contributed by atoms with E-state index in [0.29, 0.717) is 6.42 Å². The number of ether oxygens (including phenoxy) is 2. The number of hydrogen-bond donors (Lipinski definition) is 1. The highest BCUT2D eigenvalue weighted by atomic mass is 19.4. The zero-order valence-corrected chi connectivity index (χ0v) is 13.7. The number of halogens is 3. The van der Waals surface area contributed by atoms with Gasteiger partial charge in [0.25, 0.3) is 5.91 Å². The van der Waals surface area contributed by atoms with Crippen molar-refractivity contribution in [1.82, 2.24) is 0 Å². The monoisotopic (exact) mass is 333 g/mol. The Balaban J connectivity index is 3.02. The molecule has 0 spiro atoms. The molecule has 1 rings (SSSR count). The Morgan fingerprint density at radius 2 is 1.91 bits per heavy atom. The lowest BCUT2D eigenvalue weighted by atomic mass is 9.97. The van der Waals surface area contributed by atoms with E-state index < -0.39 is 23.2 Å². The summed E-state index contributed by atoms with van der Waals surface area (Å²) in [5, 5.41) is 2.49. The first-order chi connectivity index (χ1) is 10.7. The maximum absolute atomic E-state index is 13.0. The molecule has 0 aromatic heterocycles. The fourth-order valence-corrected chi connectivity index (χ4v) is 2.09. The van der Waals surface area contributed by atoms with Gasteiger partial charge in [0, 0.05) is 12.8 Å². The highest BCUT2D eigenvalue weighted by Crippen LogP contribution is 2.37. The smallest absolute Gasteiger partial charge is 0.420 e. The van der Waals surface area contributed by atoms with E-state index >= 15 is 0 Å². The van der Waals surface area contributed by atoms with Crippen molar-refractivity contribution in [2.24, 2.45) is 0 Å². The first-order valence-corrected chi connectivity index (χ1v) is 7.29. The van der Waals surface area contributed by atoms with Crippen LogP contribution < -0.4 is 10.1 Å². The Morgan fingerprint density at radius 3 is 2.39 bits per heavy atom. The Kier molecular flexibility index (Phi) is 6.44. The molecule has 1 aromatic carbocycles. The van der Waals surface area contributed by atoms with Gasteiger partial charge in [0.15, 0.2) is 0 Å². The van der Waals surface area contributed by atoms with Crippen LogP contribution in [0.4, 0.5) is 18.9 Å². The van der Waals surface area contributed by atoms with E-state index in [2.05, 4.69) is 5.32 Å². The zero-order chi connectivity index (χ0) is 17.7. The van der Waals surface area contributed by atoms with Gasteiger partial charge in [-0.25, -0.2) is 0 Å². The normalized spacial score (nSPS) is 14.2. The Hall–Kier alpha value is -1.76. The van der Waals surface area contributed by atoms with Crippen LogP contribution in [0.15, 0.2) is 18.2 Å². The molecule has 7 heteroatoms. The molecule has 0 fully saturated rings. The number of alkyl halides is 3. The first kappa shape index (κ1) is 19.3. The third-order valence-electron chi connectivity index (χ3n) is 3.70. The number of nitrogens with one attached hydrogen (secondary N) is 1. The summed E-state index contributed by atoms with van der Waals surface area (Å²) in [5.41, 5.74) is -1.98. The number of carbonyl (C=O) groups is 1. The van der Waals surface area contributed by atoms with Crippen LogP contribution in [0.25, 0.3) is 0 Å². The van der Waals surface area contributed by atoms with Crippen molar-refractivity contribution in [2.75, 3.05) is 19.5 Å². The van der Waals surface area contributed by atoms with Gasteiger partial charge in [-0.05, 0) is 31.5 Å². The van der Waals surface area contributed by atoms with Crippen molar-refractivity contribution in [1.29, 1.82) is 0 Å². The Morgan fingerprint density at radius 1 is 1.26 bits per heavy atom. The minimum Gasteiger partial charge on any atom is -0.496 e. The molecule has 0 saturated heterocycles. The van der Waals surface area contributed by atoms with Crippen LogP contribution in [0.1, 0.15) is 38.7 Å². The Labute approximate surface area is 134 Å². The first-order valence-electron chi connectivity index (χ1n) is 7.29. The quantitative estimate of drug-likeness (QED) is 0.811. The molecule has 0 bridgehead atoms. The summed E-state index contributed by atoms with van der Waals surface area (Å²) in [6.07, 6.45) is -2.44. The second-order valence-electron chi connectivity index (χ2n) is 5.41. The molecule has 0 aliphatic heterocycles. The molecule has 4 nitrogen and oxygen atoms in total. The summed E-state index contributed by atoms with van der Waals surface area (Å²) >= 11 is 0. The molecular formula is C16H22F3NO3. The summed E-state index contributed by atoms with van der Waals surface area (Å²) in [5.74, 6) is -0.775. The van der Waals surface area contributed by atoms with Gasteiger partial charge < -0.3 is 14.8 Å². The lowest BCUT2D eigenvalue weighted by molar-refractivity contribution is -0.139. The van der Waals surface area contributed by atoms with Gasteiger partial charge in [-0.2, -0.15) is 13.2 Å². The summed E-state index contributed by atoms with van der Waals surface area (Å²) in [4.78, 5) is 12.3. The molecule has 0 unspecified atom stereocenters. The van der Waals surface area contributed by atoms with Gasteiger partial charge in [0.05, 0.1) is 12.7 Å². The third kappa shape index (κ3) is 4.86. The second-order valence-corrected chi connectivity index (χ2v) is 5.41. The zero-order valence-electron chi connectivity index (χ0n) is 13.7. The molecule has 0 saturated carbocycles. The summed E-state index contributed by atoms with van der Waals surface area (Å²) in [6, 6.07) is 3.39. The fraction of sp³-hybridized carbons (Fsp3) is 0.562. The van der Waals surface area contributed by atoms with E-state index in [0.717, 1.165) is 26.0 Å². The molecule has 1 N–H and O–H groups in total. The number of carbonyl (C=O) groups excluding carboxylic acids is 1. The number of amides is 1. The number of unbranched alkanes of at least 4 members (excludes halogenated alkanes) is 1. The SMILES string of the molecule is CCCC[C@@](C)(OC)C(=O)Nc1ccc(OC)c(C(F)(F)F)c1. The van der Waals surface area contributed by atoms with Crippen LogP contribution >= 0.6 is 0 Å². The predicted octanol–water partition coefficient (Wildman–Crippen LogP) is 4.25. The maximum Gasteiger partial charge on any atom is 0.420 e. The number of methoxy groups -OCH3 is 2. The lowest BCUT2D eigenvalue weighted by Crippen LogP contribution is -2.42. The van der Waals surface area contributed by atoms with Crippen LogP contribution in [0, 0.1) is 0 Å². The van der Waals surface area contributed by atoms with Gasteiger partial charge in [-0.1, -0.05) is 19.8 Å². The average Bonchev–Trinajstić information content (AvgIpc) is 2.51. The van der Waals surface area contributed by atoms with E-state index in [-0.39, 0.29) is 11.4 Å². The van der Waals surface area contributed by atoms with E-state index in [9.17, 15) is 18.0 Å². The van der Waals surface area contributed by atoms with Crippen LogP contribution in [-0.2, 0) is 15.7 Å². The largest absolute Gasteiger partial charge is 0.496 e. The minimum atomic E-state index is -4.57. The van der Waals surface area contributed by atoms with Gasteiger partial charge >= 0.3 is 6.18 Å². The van der Waals surface area contributed by atoms with Crippen molar-refractivity contribution in [3.05, 3.63) is 23.8 Å². The van der Waals surface area contributed by atoms with E-state index in [4.69, 9.17) is 9.47 Å². The molecule has 23 heavy (non-hydrogen) atoms. The van der Waals surface area contributed by atoms with Crippen molar-refractivity contribution in [2.45, 2.75) is 44.9 Å². The van der Waals surface area contributed by atoms with Crippen LogP contribution in [-0.4, -0.2) is 25.7 Å². The molecule has 1 atom stereocenters. The highest BCUT2D eigenvalue weighted by Gasteiger charge is 2.36. The number of rotatable bonds is 7. The molecule has 1 amide bonds. The average molecular weight is 333 g/mol. The molecule has 0 heterocycles. The Bertz CT molecular complexity index is 546. The van der Waals surface area contributed by atoms with Crippen LogP contribution in [0.2, 0.25) is 0 Å². The molecule has 0 aliphatic carbocycles. The highest BCUT2D eigenvalue weighted by molar-refractivity contribution is 5.97. The van der Waals surface area contributed by atoms with E-state index in [1.54, 1.807) is 6.92 Å². The minimum absolute atomic E-state index is 0.0444. The summed E-state index contributed by atoms with van der Waals surface area (Å²) in [6.45, 7) is 3.60. The second kappa shape index (κ2) is 7.68. The van der Waals surface area contributed by atoms with Crippen molar-refractivity contribution in [3.63, 3.8) is 0 Å². The molecule has 130 valence electrons. The molecular weight excluding hydrogens is 311 g/mol. The van der Waals surface area contributed by atoms with Gasteiger partial charge in [-0.15, -0.1) is 0 Å². The number of benzene rings is 1. The maximum atomic E-state index is 13.0. The lowest BCUT2D eigenvalue weighted by Gasteiger charge is -2.27. The molecule has 1 aromatic rings. The summed E-state index contributed by atoms with van der Waals surface area (Å²) in [7, 11) is 2.57. The third-order valence-corrected chi connectivity index (χ3v) is 3.70.